The lowest BCUT2D eigenvalue weighted by Crippen LogP contribution is -2.27. The van der Waals surface area contributed by atoms with E-state index in [1.165, 1.54) is 12.1 Å². The SMILES string of the molecule is CC#CCC(Cc1ccc(C(F)(F)F)cc1)NC. The number of hydrogen-bond acceptors (Lipinski definition) is 1. The molecule has 0 aromatic heterocycles. The Bertz CT molecular complexity index is 423. The Hall–Kier alpha value is -1.47. The Morgan fingerprint density at radius 3 is 2.28 bits per heavy atom. The molecule has 0 saturated carbocycles. The summed E-state index contributed by atoms with van der Waals surface area (Å²) in [5.41, 5.74) is 0.265. The van der Waals surface area contributed by atoms with Crippen LogP contribution in [0.1, 0.15) is 24.5 Å². The Balaban J connectivity index is 2.69. The number of likely N-dealkylation sites (N-methyl/N-ethyl adjacent to an activating group) is 1. The van der Waals surface area contributed by atoms with Crippen LogP contribution in [0, 0.1) is 11.8 Å². The van der Waals surface area contributed by atoms with Gasteiger partial charge in [0.2, 0.25) is 0 Å². The third kappa shape index (κ3) is 4.42. The number of nitrogens with one attached hydrogen (secondary N) is 1. The van der Waals surface area contributed by atoms with Gasteiger partial charge in [-0.25, -0.2) is 0 Å². The van der Waals surface area contributed by atoms with E-state index in [2.05, 4.69) is 17.2 Å². The maximum atomic E-state index is 12.4. The predicted octanol–water partition coefficient (Wildman–Crippen LogP) is 3.25. The number of halogens is 3. The second kappa shape index (κ2) is 6.46. The van der Waals surface area contributed by atoms with Crippen LogP contribution in [0.2, 0.25) is 0 Å². The van der Waals surface area contributed by atoms with Crippen LogP contribution in [0.4, 0.5) is 13.2 Å². The molecule has 1 aromatic carbocycles. The molecule has 1 unspecified atom stereocenters. The lowest BCUT2D eigenvalue weighted by molar-refractivity contribution is -0.137. The zero-order valence-corrected chi connectivity index (χ0v) is 10.4. The molecule has 0 aliphatic rings. The highest BCUT2D eigenvalue weighted by Crippen LogP contribution is 2.29. The van der Waals surface area contributed by atoms with E-state index in [4.69, 9.17) is 0 Å². The molecule has 18 heavy (non-hydrogen) atoms. The van der Waals surface area contributed by atoms with Gasteiger partial charge >= 0.3 is 6.18 Å². The first-order valence-electron chi connectivity index (χ1n) is 5.70. The van der Waals surface area contributed by atoms with Crippen molar-refractivity contribution in [3.05, 3.63) is 35.4 Å². The Morgan fingerprint density at radius 1 is 1.22 bits per heavy atom. The van der Waals surface area contributed by atoms with Gasteiger partial charge in [-0.2, -0.15) is 13.2 Å². The predicted molar refractivity (Wildman–Crippen MR) is 66.1 cm³/mol. The zero-order valence-electron chi connectivity index (χ0n) is 10.4. The first kappa shape index (κ1) is 14.6. The molecule has 1 nitrogen and oxygen atoms in total. The van der Waals surface area contributed by atoms with Gasteiger partial charge in [-0.05, 0) is 38.1 Å². The first-order chi connectivity index (χ1) is 8.47. The highest BCUT2D eigenvalue weighted by Gasteiger charge is 2.29. The minimum absolute atomic E-state index is 0.161. The highest BCUT2D eigenvalue weighted by atomic mass is 19.4. The average Bonchev–Trinajstić information content (AvgIpc) is 2.34. The molecule has 0 fully saturated rings. The molecule has 0 heterocycles. The van der Waals surface area contributed by atoms with E-state index in [1.54, 1.807) is 6.92 Å². The molecule has 98 valence electrons. The van der Waals surface area contributed by atoms with Gasteiger partial charge in [0.1, 0.15) is 0 Å². The van der Waals surface area contributed by atoms with Gasteiger partial charge in [-0.1, -0.05) is 12.1 Å². The van der Waals surface area contributed by atoms with E-state index in [0.29, 0.717) is 12.8 Å². The lowest BCUT2D eigenvalue weighted by Gasteiger charge is -2.14. The molecule has 0 spiro atoms. The monoisotopic (exact) mass is 255 g/mol. The molecule has 0 saturated heterocycles. The Morgan fingerprint density at radius 2 is 1.83 bits per heavy atom. The molecule has 1 rings (SSSR count). The molecule has 1 atom stereocenters. The number of benzene rings is 1. The molecule has 4 heteroatoms. The van der Waals surface area contributed by atoms with Gasteiger partial charge in [0.25, 0.3) is 0 Å². The van der Waals surface area contributed by atoms with Crippen molar-refractivity contribution < 1.29 is 13.2 Å². The molecule has 1 aromatic rings. The van der Waals surface area contributed by atoms with Crippen molar-refractivity contribution in [3.63, 3.8) is 0 Å². The van der Waals surface area contributed by atoms with E-state index < -0.39 is 11.7 Å². The fourth-order valence-corrected chi connectivity index (χ4v) is 1.62. The summed E-state index contributed by atoms with van der Waals surface area (Å²) in [4.78, 5) is 0. The molecule has 0 aliphatic carbocycles. The van der Waals surface area contributed by atoms with E-state index >= 15 is 0 Å². The van der Waals surface area contributed by atoms with Gasteiger partial charge in [-0.3, -0.25) is 0 Å². The summed E-state index contributed by atoms with van der Waals surface area (Å²) in [6, 6.07) is 5.44. The van der Waals surface area contributed by atoms with Crippen LogP contribution >= 0.6 is 0 Å². The zero-order chi connectivity index (χ0) is 13.6. The van der Waals surface area contributed by atoms with E-state index in [9.17, 15) is 13.2 Å². The maximum Gasteiger partial charge on any atom is 0.416 e. The Kier molecular flexibility index (Phi) is 5.24. The van der Waals surface area contributed by atoms with Crippen molar-refractivity contribution in [1.29, 1.82) is 0 Å². The summed E-state index contributed by atoms with van der Waals surface area (Å²) in [6.45, 7) is 1.77. The van der Waals surface area contributed by atoms with Crippen LogP contribution in [-0.4, -0.2) is 13.1 Å². The number of alkyl halides is 3. The van der Waals surface area contributed by atoms with Crippen molar-refractivity contribution in [2.75, 3.05) is 7.05 Å². The standard InChI is InChI=1S/C14H16F3N/c1-3-4-5-13(18-2)10-11-6-8-12(9-7-11)14(15,16)17/h6-9,13,18H,5,10H2,1-2H3. The van der Waals surface area contributed by atoms with E-state index in [0.717, 1.165) is 17.7 Å². The fourth-order valence-electron chi connectivity index (χ4n) is 1.62. The minimum atomic E-state index is -4.27. The van der Waals surface area contributed by atoms with Crippen LogP contribution in [0.3, 0.4) is 0 Å². The van der Waals surface area contributed by atoms with Crippen molar-refractivity contribution in [2.45, 2.75) is 32.0 Å². The quantitative estimate of drug-likeness (QED) is 0.814. The highest BCUT2D eigenvalue weighted by molar-refractivity contribution is 5.25. The Labute approximate surface area is 105 Å². The molecule has 0 aliphatic heterocycles. The topological polar surface area (TPSA) is 12.0 Å². The van der Waals surface area contributed by atoms with Crippen LogP contribution in [0.25, 0.3) is 0 Å². The van der Waals surface area contributed by atoms with Crippen molar-refractivity contribution >= 4 is 0 Å². The third-order valence-electron chi connectivity index (χ3n) is 2.70. The normalized spacial score (nSPS) is 12.7. The number of hydrogen-bond donors (Lipinski definition) is 1. The van der Waals surface area contributed by atoms with Gasteiger partial charge in [0.05, 0.1) is 5.56 Å². The van der Waals surface area contributed by atoms with Crippen LogP contribution in [0.5, 0.6) is 0 Å². The smallest absolute Gasteiger partial charge is 0.316 e. The minimum Gasteiger partial charge on any atom is -0.316 e. The summed E-state index contributed by atoms with van der Waals surface area (Å²) >= 11 is 0. The molecule has 1 N–H and O–H groups in total. The third-order valence-corrected chi connectivity index (χ3v) is 2.70. The molecule has 0 amide bonds. The van der Waals surface area contributed by atoms with Crippen molar-refractivity contribution in [2.24, 2.45) is 0 Å². The lowest BCUT2D eigenvalue weighted by atomic mass is 10.0. The largest absolute Gasteiger partial charge is 0.416 e. The second-order valence-electron chi connectivity index (χ2n) is 4.02. The average molecular weight is 255 g/mol. The summed E-state index contributed by atoms with van der Waals surface area (Å²) < 4.78 is 37.2. The van der Waals surface area contributed by atoms with Gasteiger partial charge in [0.15, 0.2) is 0 Å². The maximum absolute atomic E-state index is 12.4. The molecule has 0 radical (unpaired) electrons. The van der Waals surface area contributed by atoms with Gasteiger partial charge in [-0.15, -0.1) is 11.8 Å². The summed E-state index contributed by atoms with van der Waals surface area (Å²) in [5, 5.41) is 3.11. The van der Waals surface area contributed by atoms with E-state index in [1.807, 2.05) is 7.05 Å². The van der Waals surface area contributed by atoms with Crippen LogP contribution < -0.4 is 5.32 Å². The summed E-state index contributed by atoms with van der Waals surface area (Å²) in [7, 11) is 1.83. The number of rotatable bonds is 4. The molecule has 0 bridgehead atoms. The molecular formula is C14H16F3N. The van der Waals surface area contributed by atoms with Crippen LogP contribution in [-0.2, 0) is 12.6 Å². The van der Waals surface area contributed by atoms with Crippen LogP contribution in [0.15, 0.2) is 24.3 Å². The van der Waals surface area contributed by atoms with Gasteiger partial charge in [0, 0.05) is 12.5 Å². The second-order valence-corrected chi connectivity index (χ2v) is 4.02. The summed E-state index contributed by atoms with van der Waals surface area (Å²) in [5.74, 6) is 5.77. The molecular weight excluding hydrogens is 239 g/mol. The van der Waals surface area contributed by atoms with Crippen molar-refractivity contribution in [1.82, 2.24) is 5.32 Å². The fraction of sp³-hybridized carbons (Fsp3) is 0.429. The van der Waals surface area contributed by atoms with E-state index in [-0.39, 0.29) is 6.04 Å². The first-order valence-corrected chi connectivity index (χ1v) is 5.70. The van der Waals surface area contributed by atoms with Gasteiger partial charge < -0.3 is 5.32 Å². The summed E-state index contributed by atoms with van der Waals surface area (Å²) in [6.07, 6.45) is -2.91. The van der Waals surface area contributed by atoms with Crippen molar-refractivity contribution in [3.8, 4) is 11.8 Å².